The normalized spacial score (nSPS) is 17.1. The minimum absolute atomic E-state index is 0.0193. The van der Waals surface area contributed by atoms with Crippen molar-refractivity contribution in [1.29, 1.82) is 0 Å². The number of ether oxygens (including phenoxy) is 1. The molecule has 0 bridgehead atoms. The van der Waals surface area contributed by atoms with Gasteiger partial charge in [-0.15, -0.1) is 0 Å². The molecule has 0 radical (unpaired) electrons. The highest BCUT2D eigenvalue weighted by molar-refractivity contribution is 5.90. The first-order valence-corrected chi connectivity index (χ1v) is 8.73. The van der Waals surface area contributed by atoms with Crippen LogP contribution in [0.2, 0.25) is 0 Å². The summed E-state index contributed by atoms with van der Waals surface area (Å²) in [6, 6.07) is 7.84. The van der Waals surface area contributed by atoms with E-state index in [0.717, 1.165) is 37.1 Å². The lowest BCUT2D eigenvalue weighted by molar-refractivity contribution is -0.131. The van der Waals surface area contributed by atoms with Crippen molar-refractivity contribution in [2.45, 2.75) is 65.1 Å². The number of hydrogen-bond donors (Lipinski definition) is 1. The molecule has 5 nitrogen and oxygen atoms in total. The van der Waals surface area contributed by atoms with Crippen LogP contribution in [0.5, 0.6) is 0 Å². The summed E-state index contributed by atoms with van der Waals surface area (Å²) in [4.78, 5) is 25.4. The number of nitrogens with zero attached hydrogens (tertiary/aromatic N) is 1. The van der Waals surface area contributed by atoms with Crippen molar-refractivity contribution in [3.05, 3.63) is 29.8 Å². The topological polar surface area (TPSA) is 58.6 Å². The van der Waals surface area contributed by atoms with Crippen LogP contribution in [0, 0.1) is 0 Å². The minimum atomic E-state index is 0.0193. The first-order chi connectivity index (χ1) is 11.5. The first-order valence-electron chi connectivity index (χ1n) is 8.73. The largest absolute Gasteiger partial charge is 0.378 e. The molecule has 1 aromatic carbocycles. The Hall–Kier alpha value is -1.88. The Morgan fingerprint density at radius 3 is 2.54 bits per heavy atom. The molecule has 2 amide bonds. The van der Waals surface area contributed by atoms with Gasteiger partial charge in [0.15, 0.2) is 0 Å². The maximum absolute atomic E-state index is 12.0. The van der Waals surface area contributed by atoms with Gasteiger partial charge in [-0.2, -0.15) is 0 Å². The van der Waals surface area contributed by atoms with Gasteiger partial charge in [0.2, 0.25) is 11.8 Å². The van der Waals surface area contributed by atoms with Crippen LogP contribution in [0.4, 0.5) is 5.69 Å². The van der Waals surface area contributed by atoms with E-state index in [1.807, 2.05) is 43.0 Å². The molecule has 1 aromatic rings. The van der Waals surface area contributed by atoms with Gasteiger partial charge in [-0.1, -0.05) is 12.1 Å². The number of carbonyl (C=O) groups excluding carboxylic acids is 2. The standard InChI is InChI=1S/C19H28N2O3/c1-14(2)21(15(3)22)13-16-6-8-17(9-7-16)20-19(23)11-10-18-5-4-12-24-18/h6-9,14,18H,4-5,10-13H2,1-3H3,(H,20,23). The Kier molecular flexibility index (Phi) is 6.79. The monoisotopic (exact) mass is 332 g/mol. The highest BCUT2D eigenvalue weighted by Gasteiger charge is 2.17. The van der Waals surface area contributed by atoms with Crippen LogP contribution in [-0.2, 0) is 20.9 Å². The second-order valence-corrected chi connectivity index (χ2v) is 6.66. The van der Waals surface area contributed by atoms with Crippen LogP contribution in [-0.4, -0.2) is 35.5 Å². The molecule has 24 heavy (non-hydrogen) atoms. The van der Waals surface area contributed by atoms with Gasteiger partial charge in [-0.25, -0.2) is 0 Å². The third kappa shape index (κ3) is 5.64. The van der Waals surface area contributed by atoms with Crippen LogP contribution in [0.25, 0.3) is 0 Å². The molecular formula is C19H28N2O3. The third-order valence-corrected chi connectivity index (χ3v) is 4.34. The Labute approximate surface area is 144 Å². The predicted molar refractivity (Wildman–Crippen MR) is 94.6 cm³/mol. The van der Waals surface area contributed by atoms with E-state index >= 15 is 0 Å². The van der Waals surface area contributed by atoms with Gasteiger partial charge in [-0.3, -0.25) is 9.59 Å². The van der Waals surface area contributed by atoms with E-state index in [1.54, 1.807) is 6.92 Å². The van der Waals surface area contributed by atoms with E-state index in [4.69, 9.17) is 4.74 Å². The Morgan fingerprint density at radius 2 is 2.00 bits per heavy atom. The number of anilines is 1. The first kappa shape index (κ1) is 18.5. The molecule has 1 aliphatic rings. The summed E-state index contributed by atoms with van der Waals surface area (Å²) in [6.07, 6.45) is 3.67. The lowest BCUT2D eigenvalue weighted by Gasteiger charge is -2.25. The van der Waals surface area contributed by atoms with E-state index in [0.29, 0.717) is 13.0 Å². The summed E-state index contributed by atoms with van der Waals surface area (Å²) >= 11 is 0. The zero-order valence-electron chi connectivity index (χ0n) is 14.9. The van der Waals surface area contributed by atoms with Crippen molar-refractivity contribution < 1.29 is 14.3 Å². The summed E-state index contributed by atoms with van der Waals surface area (Å²) in [7, 11) is 0. The van der Waals surface area contributed by atoms with E-state index in [2.05, 4.69) is 5.32 Å². The van der Waals surface area contributed by atoms with Crippen LogP contribution >= 0.6 is 0 Å². The Morgan fingerprint density at radius 1 is 1.29 bits per heavy atom. The zero-order chi connectivity index (χ0) is 17.5. The number of benzene rings is 1. The molecular weight excluding hydrogens is 304 g/mol. The number of rotatable bonds is 7. The Balaban J connectivity index is 1.82. The quantitative estimate of drug-likeness (QED) is 0.833. The predicted octanol–water partition coefficient (Wildman–Crippen LogP) is 3.34. The molecule has 0 aromatic heterocycles. The van der Waals surface area contributed by atoms with Gasteiger partial charge in [0, 0.05) is 38.2 Å². The van der Waals surface area contributed by atoms with Crippen LogP contribution in [0.3, 0.4) is 0 Å². The second-order valence-electron chi connectivity index (χ2n) is 6.66. The fourth-order valence-corrected chi connectivity index (χ4v) is 2.94. The summed E-state index contributed by atoms with van der Waals surface area (Å²) in [5, 5.41) is 2.92. The van der Waals surface area contributed by atoms with Crippen molar-refractivity contribution in [3.63, 3.8) is 0 Å². The number of carbonyl (C=O) groups is 2. The van der Waals surface area contributed by atoms with E-state index in [9.17, 15) is 9.59 Å². The SMILES string of the molecule is CC(=O)N(Cc1ccc(NC(=O)CCC2CCCO2)cc1)C(C)C. The van der Waals surface area contributed by atoms with Gasteiger partial charge >= 0.3 is 0 Å². The Bertz CT molecular complexity index is 548. The number of amides is 2. The van der Waals surface area contributed by atoms with Gasteiger partial charge in [-0.05, 0) is 50.8 Å². The summed E-state index contributed by atoms with van der Waals surface area (Å²) < 4.78 is 5.53. The fourth-order valence-electron chi connectivity index (χ4n) is 2.94. The van der Waals surface area contributed by atoms with Gasteiger partial charge < -0.3 is 15.0 Å². The maximum Gasteiger partial charge on any atom is 0.224 e. The molecule has 5 heteroatoms. The van der Waals surface area contributed by atoms with E-state index in [-0.39, 0.29) is 24.0 Å². The molecule has 1 N–H and O–H groups in total. The smallest absolute Gasteiger partial charge is 0.224 e. The van der Waals surface area contributed by atoms with Crippen LogP contribution < -0.4 is 5.32 Å². The average molecular weight is 332 g/mol. The van der Waals surface area contributed by atoms with Crippen molar-refractivity contribution in [1.82, 2.24) is 4.90 Å². The van der Waals surface area contributed by atoms with Gasteiger partial charge in [0.1, 0.15) is 0 Å². The molecule has 2 rings (SSSR count). The molecule has 1 heterocycles. The molecule has 0 spiro atoms. The van der Waals surface area contributed by atoms with Crippen LogP contribution in [0.1, 0.15) is 52.0 Å². The van der Waals surface area contributed by atoms with Crippen molar-refractivity contribution >= 4 is 17.5 Å². The molecule has 0 aliphatic carbocycles. The number of nitrogens with one attached hydrogen (secondary N) is 1. The van der Waals surface area contributed by atoms with E-state index in [1.165, 1.54) is 0 Å². The third-order valence-electron chi connectivity index (χ3n) is 4.34. The fraction of sp³-hybridized carbons (Fsp3) is 0.579. The van der Waals surface area contributed by atoms with E-state index < -0.39 is 0 Å². The second kappa shape index (κ2) is 8.83. The minimum Gasteiger partial charge on any atom is -0.378 e. The highest BCUT2D eigenvalue weighted by atomic mass is 16.5. The average Bonchev–Trinajstić information content (AvgIpc) is 3.05. The maximum atomic E-state index is 12.0. The van der Waals surface area contributed by atoms with Crippen LogP contribution in [0.15, 0.2) is 24.3 Å². The summed E-state index contributed by atoms with van der Waals surface area (Å²) in [5.41, 5.74) is 1.84. The van der Waals surface area contributed by atoms with Crippen molar-refractivity contribution in [2.75, 3.05) is 11.9 Å². The summed E-state index contributed by atoms with van der Waals surface area (Å²) in [6.45, 7) is 7.00. The number of hydrogen-bond acceptors (Lipinski definition) is 3. The van der Waals surface area contributed by atoms with Crippen molar-refractivity contribution in [2.24, 2.45) is 0 Å². The zero-order valence-corrected chi connectivity index (χ0v) is 14.9. The molecule has 1 aliphatic heterocycles. The molecule has 1 saturated heterocycles. The lowest BCUT2D eigenvalue weighted by atomic mass is 10.1. The molecule has 0 saturated carbocycles. The lowest BCUT2D eigenvalue weighted by Crippen LogP contribution is -2.34. The van der Waals surface area contributed by atoms with Crippen molar-refractivity contribution in [3.8, 4) is 0 Å². The molecule has 1 unspecified atom stereocenters. The summed E-state index contributed by atoms with van der Waals surface area (Å²) in [5.74, 6) is 0.0855. The molecule has 1 atom stereocenters. The molecule has 132 valence electrons. The van der Waals surface area contributed by atoms with Gasteiger partial charge in [0.05, 0.1) is 6.10 Å². The van der Waals surface area contributed by atoms with Gasteiger partial charge in [0.25, 0.3) is 0 Å². The highest BCUT2D eigenvalue weighted by Crippen LogP contribution is 2.18. The molecule has 1 fully saturated rings.